The molecule has 249 valence electrons. The zero-order chi connectivity index (χ0) is 33.1. The summed E-state index contributed by atoms with van der Waals surface area (Å²) in [6.07, 6.45) is 10.8. The van der Waals surface area contributed by atoms with E-state index in [1.54, 1.807) is 0 Å². The Labute approximate surface area is 311 Å². The minimum absolute atomic E-state index is 0. The first-order chi connectivity index (χ1) is 23.3. The van der Waals surface area contributed by atoms with Crippen molar-refractivity contribution in [2.75, 3.05) is 0 Å². The summed E-state index contributed by atoms with van der Waals surface area (Å²) >= 11 is 0.0869. The molecule has 1 aliphatic rings. The van der Waals surface area contributed by atoms with E-state index >= 15 is 0 Å². The normalized spacial score (nSPS) is 13.2. The van der Waals surface area contributed by atoms with Gasteiger partial charge in [0.1, 0.15) is 0 Å². The van der Waals surface area contributed by atoms with Crippen LogP contribution in [0.15, 0.2) is 116 Å². The average molecular weight is 896 g/mol. The molecule has 8 rings (SSSR count). The topological polar surface area (TPSA) is 25.8 Å². The van der Waals surface area contributed by atoms with E-state index in [0.29, 0.717) is 0 Å². The summed E-state index contributed by atoms with van der Waals surface area (Å²) in [4.78, 5) is 9.34. The number of pyridine rings is 2. The SMILES string of the molecule is Cc1cc(-c2[c-]cccc2)nc[c]1[Ge]([CH3])([CH3])[CH3].[Ir].[c-]1ccc2c(sc3cc(-c4ccccc4)ccc32)c1-c1cc(CC2CCCC2)ccn1. The number of benzene rings is 4. The summed E-state index contributed by atoms with van der Waals surface area (Å²) in [5.74, 6) is 8.05. The van der Waals surface area contributed by atoms with Crippen LogP contribution in [0.25, 0.3) is 53.8 Å². The van der Waals surface area contributed by atoms with Crippen molar-refractivity contribution in [3.8, 4) is 33.6 Å². The molecule has 1 radical (unpaired) electrons. The van der Waals surface area contributed by atoms with Crippen molar-refractivity contribution >= 4 is 49.2 Å². The number of aromatic nitrogens is 2. The van der Waals surface area contributed by atoms with Crippen molar-refractivity contribution in [3.05, 3.63) is 139 Å². The first-order valence-electron chi connectivity index (χ1n) is 17.2. The second kappa shape index (κ2) is 15.6. The van der Waals surface area contributed by atoms with E-state index in [-0.39, 0.29) is 20.1 Å². The molecule has 3 heterocycles. The fourth-order valence-corrected chi connectivity index (χ4v) is 11.9. The van der Waals surface area contributed by atoms with Gasteiger partial charge >= 0.3 is 106 Å². The van der Waals surface area contributed by atoms with Gasteiger partial charge in [0.25, 0.3) is 0 Å². The number of nitrogens with zero attached hydrogens (tertiary/aromatic N) is 2. The molecule has 7 aromatic rings. The maximum absolute atomic E-state index is 4.75. The summed E-state index contributed by atoms with van der Waals surface area (Å²) in [7, 11) is 0. The van der Waals surface area contributed by atoms with Crippen molar-refractivity contribution in [3.63, 3.8) is 0 Å². The fraction of sp³-hybridized carbons (Fsp3) is 0.227. The summed E-state index contributed by atoms with van der Waals surface area (Å²) < 4.78 is 4.09. The van der Waals surface area contributed by atoms with Gasteiger partial charge in [-0.3, -0.25) is 0 Å². The summed E-state index contributed by atoms with van der Waals surface area (Å²) in [6.45, 7) is 2.19. The molecule has 0 spiro atoms. The van der Waals surface area contributed by atoms with E-state index in [0.717, 1.165) is 28.4 Å². The summed E-state index contributed by atoms with van der Waals surface area (Å²) in [5.41, 5.74) is 9.59. The van der Waals surface area contributed by atoms with Crippen molar-refractivity contribution in [1.82, 2.24) is 9.97 Å². The Kier molecular flexibility index (Phi) is 11.3. The third kappa shape index (κ3) is 8.16. The third-order valence-corrected chi connectivity index (χ3v) is 15.2. The van der Waals surface area contributed by atoms with E-state index in [9.17, 15) is 0 Å². The second-order valence-corrected chi connectivity index (χ2v) is 25.7. The molecule has 3 aromatic heterocycles. The monoisotopic (exact) mass is 897 g/mol. The van der Waals surface area contributed by atoms with Crippen LogP contribution < -0.4 is 4.40 Å². The number of thiophene rings is 1. The Balaban J connectivity index is 0.000000198. The van der Waals surface area contributed by atoms with E-state index in [1.165, 1.54) is 78.9 Å². The Bertz CT molecular complexity index is 2160. The summed E-state index contributed by atoms with van der Waals surface area (Å²) in [5, 5.41) is 2.62. The molecule has 1 aliphatic carbocycles. The smallest absolute Gasteiger partial charge is 0.0245 e. The molecule has 4 aromatic carbocycles. The Morgan fingerprint density at radius 3 is 2.29 bits per heavy atom. The van der Waals surface area contributed by atoms with Crippen LogP contribution in [-0.4, -0.2) is 23.2 Å². The molecule has 0 bridgehead atoms. The molecule has 0 aliphatic heterocycles. The molecular formula is C44H42GeIrN2S-2. The van der Waals surface area contributed by atoms with Gasteiger partial charge < -0.3 is 4.98 Å². The number of fused-ring (bicyclic) bond motifs is 3. The molecule has 49 heavy (non-hydrogen) atoms. The van der Waals surface area contributed by atoms with Gasteiger partial charge in [0.15, 0.2) is 0 Å². The van der Waals surface area contributed by atoms with Crippen LogP contribution in [0.2, 0.25) is 17.3 Å². The van der Waals surface area contributed by atoms with Crippen LogP contribution in [0, 0.1) is 25.0 Å². The van der Waals surface area contributed by atoms with Crippen molar-refractivity contribution in [2.45, 2.75) is 56.3 Å². The molecule has 0 unspecified atom stereocenters. The van der Waals surface area contributed by atoms with Crippen molar-refractivity contribution in [2.24, 2.45) is 5.92 Å². The van der Waals surface area contributed by atoms with Gasteiger partial charge in [0.05, 0.1) is 0 Å². The molecule has 2 nitrogen and oxygen atoms in total. The van der Waals surface area contributed by atoms with E-state index in [4.69, 9.17) is 4.98 Å². The molecule has 0 atom stereocenters. The van der Waals surface area contributed by atoms with Crippen LogP contribution in [-0.2, 0) is 26.5 Å². The van der Waals surface area contributed by atoms with E-state index in [1.807, 2.05) is 35.7 Å². The van der Waals surface area contributed by atoms with Crippen LogP contribution in [0.4, 0.5) is 0 Å². The van der Waals surface area contributed by atoms with Gasteiger partial charge in [-0.1, -0.05) is 85.2 Å². The van der Waals surface area contributed by atoms with Crippen molar-refractivity contribution in [1.29, 1.82) is 0 Å². The maximum atomic E-state index is 4.75. The number of hydrogen-bond acceptors (Lipinski definition) is 3. The quantitative estimate of drug-likeness (QED) is 0.123. The number of rotatable bonds is 6. The van der Waals surface area contributed by atoms with Crippen LogP contribution >= 0.6 is 11.3 Å². The standard InChI is InChI=1S/C29H24NS.C15H18GeN.Ir/c1-2-9-22(10-3-1)23-13-14-24-25-11-6-12-26(29(25)31-28(24)19-23)27-18-21(15-16-30-27)17-20-7-4-5-8-20;1-12-10-15(13-8-6-5-7-9-13)17-11-14(12)16(2,3)4;/h1-3,6,9-11,13-16,18-20H,4-5,7-8,17H2;5-8,10-11H,1-4H3;/q2*-1;. The van der Waals surface area contributed by atoms with Crippen molar-refractivity contribution < 1.29 is 20.1 Å². The average Bonchev–Trinajstić information content (AvgIpc) is 3.76. The molecule has 1 saturated carbocycles. The number of hydrogen-bond donors (Lipinski definition) is 0. The van der Waals surface area contributed by atoms with Gasteiger partial charge in [-0.25, -0.2) is 0 Å². The third-order valence-electron chi connectivity index (χ3n) is 9.52. The van der Waals surface area contributed by atoms with Gasteiger partial charge in [-0.15, -0.1) is 23.8 Å². The zero-order valence-corrected chi connectivity index (χ0v) is 34.0. The molecule has 0 amide bonds. The van der Waals surface area contributed by atoms with Gasteiger partial charge in [-0.2, -0.15) is 11.3 Å². The van der Waals surface area contributed by atoms with Crippen LogP contribution in [0.3, 0.4) is 0 Å². The first-order valence-corrected chi connectivity index (χ1v) is 25.3. The van der Waals surface area contributed by atoms with Gasteiger partial charge in [0.2, 0.25) is 0 Å². The number of aryl methyl sites for hydroxylation is 1. The van der Waals surface area contributed by atoms with Gasteiger partial charge in [-0.05, 0) is 51.4 Å². The second-order valence-electron chi connectivity index (χ2n) is 14.1. The summed E-state index contributed by atoms with van der Waals surface area (Å²) in [6, 6.07) is 43.1. The molecule has 1 fully saturated rings. The van der Waals surface area contributed by atoms with Gasteiger partial charge in [0, 0.05) is 31.0 Å². The van der Waals surface area contributed by atoms with Crippen LogP contribution in [0.5, 0.6) is 0 Å². The maximum Gasteiger partial charge on any atom is 0.0245 e. The van der Waals surface area contributed by atoms with E-state index in [2.05, 4.69) is 132 Å². The molecular weight excluding hydrogens is 853 g/mol. The van der Waals surface area contributed by atoms with Crippen LogP contribution in [0.1, 0.15) is 36.8 Å². The fourth-order valence-electron chi connectivity index (χ4n) is 7.07. The molecule has 0 N–H and O–H groups in total. The first kappa shape index (κ1) is 35.4. The molecule has 5 heteroatoms. The van der Waals surface area contributed by atoms with E-state index < -0.39 is 13.3 Å². The minimum Gasteiger partial charge on any atom is -0.305 e. The Morgan fingerprint density at radius 2 is 1.55 bits per heavy atom. The predicted molar refractivity (Wildman–Crippen MR) is 209 cm³/mol. The Hall–Kier alpha value is -3.41. The largest absolute Gasteiger partial charge is 0.305 e. The molecule has 0 saturated heterocycles. The minimum atomic E-state index is -1.77. The zero-order valence-electron chi connectivity index (χ0n) is 28.7. The Morgan fingerprint density at radius 1 is 0.755 bits per heavy atom. The predicted octanol–water partition coefficient (Wildman–Crippen LogP) is 11.7.